The molecule has 1 heterocycles. The van der Waals surface area contributed by atoms with Gasteiger partial charge in [-0.3, -0.25) is 9.59 Å². The molecule has 0 spiro atoms. The number of carboxylic acid groups (broad SMARTS) is 1. The number of fused-ring (bicyclic) bond motifs is 1. The van der Waals surface area contributed by atoms with Gasteiger partial charge in [0.1, 0.15) is 11.6 Å². The number of hydrogen-bond acceptors (Lipinski definition) is 4. The molecule has 4 aliphatic rings. The maximum absolute atomic E-state index is 13.2. The SMILES string of the molecule is CC(Cc1c[nH]c2ccccc12)(NC(=O)OC1C2CC3CC(C2)CC1C3)C(=O)NCCC(=O)O. The number of amides is 2. The fourth-order valence-corrected chi connectivity index (χ4v) is 6.76. The molecule has 1 aromatic carbocycles. The predicted octanol–water partition coefficient (Wildman–Crippen LogP) is 3.61. The highest BCUT2D eigenvalue weighted by Crippen LogP contribution is 2.54. The summed E-state index contributed by atoms with van der Waals surface area (Å²) in [5.41, 5.74) is 0.538. The summed E-state index contributed by atoms with van der Waals surface area (Å²) in [6.07, 6.45) is 7.10. The zero-order chi connectivity index (χ0) is 23.9. The minimum absolute atomic E-state index is 0.0100. The molecule has 2 aromatic rings. The lowest BCUT2D eigenvalue weighted by molar-refractivity contribution is -0.137. The van der Waals surface area contributed by atoms with Crippen LogP contribution in [0.4, 0.5) is 4.79 Å². The summed E-state index contributed by atoms with van der Waals surface area (Å²) < 4.78 is 5.99. The first-order valence-corrected chi connectivity index (χ1v) is 12.3. The molecule has 0 radical (unpaired) electrons. The van der Waals surface area contributed by atoms with Crippen molar-refractivity contribution in [1.29, 1.82) is 0 Å². The van der Waals surface area contributed by atoms with E-state index in [1.165, 1.54) is 6.42 Å². The lowest BCUT2D eigenvalue weighted by Crippen LogP contribution is -2.60. The number of aliphatic carboxylic acids is 1. The molecule has 4 N–H and O–H groups in total. The van der Waals surface area contributed by atoms with E-state index in [9.17, 15) is 14.4 Å². The molecule has 6 rings (SSSR count). The Balaban J connectivity index is 1.31. The third-order valence-electron chi connectivity index (χ3n) is 8.11. The molecule has 1 aromatic heterocycles. The summed E-state index contributed by atoms with van der Waals surface area (Å²) in [7, 11) is 0. The van der Waals surface area contributed by atoms with E-state index in [-0.39, 0.29) is 25.5 Å². The number of carbonyl (C=O) groups is 3. The highest BCUT2D eigenvalue weighted by molar-refractivity contribution is 5.91. The third-order valence-corrected chi connectivity index (χ3v) is 8.11. The van der Waals surface area contributed by atoms with Gasteiger partial charge in [0.15, 0.2) is 0 Å². The molecule has 4 bridgehead atoms. The minimum Gasteiger partial charge on any atom is -0.481 e. The van der Waals surface area contributed by atoms with Gasteiger partial charge in [0.05, 0.1) is 6.42 Å². The van der Waals surface area contributed by atoms with Gasteiger partial charge in [0, 0.05) is 30.1 Å². The summed E-state index contributed by atoms with van der Waals surface area (Å²) >= 11 is 0. The molecule has 1 atom stereocenters. The quantitative estimate of drug-likeness (QED) is 0.473. The molecule has 0 saturated heterocycles. The van der Waals surface area contributed by atoms with Crippen LogP contribution in [0.1, 0.15) is 51.0 Å². The summed E-state index contributed by atoms with van der Waals surface area (Å²) in [6, 6.07) is 7.78. The van der Waals surface area contributed by atoms with Gasteiger partial charge in [-0.05, 0) is 74.3 Å². The molecule has 4 fully saturated rings. The Morgan fingerprint density at radius 2 is 1.76 bits per heavy atom. The van der Waals surface area contributed by atoms with Gasteiger partial charge in [-0.2, -0.15) is 0 Å². The number of H-pyrrole nitrogens is 1. The first-order chi connectivity index (χ1) is 16.3. The number of ether oxygens (including phenoxy) is 1. The number of para-hydroxylation sites is 1. The summed E-state index contributed by atoms with van der Waals surface area (Å²) in [6.45, 7) is 1.66. The molecule has 34 heavy (non-hydrogen) atoms. The molecule has 4 saturated carbocycles. The fraction of sp³-hybridized carbons (Fsp3) is 0.577. The topological polar surface area (TPSA) is 121 Å². The smallest absolute Gasteiger partial charge is 0.408 e. The third kappa shape index (κ3) is 4.50. The molecule has 4 aliphatic carbocycles. The van der Waals surface area contributed by atoms with Crippen LogP contribution in [-0.4, -0.2) is 46.2 Å². The van der Waals surface area contributed by atoms with E-state index in [4.69, 9.17) is 9.84 Å². The van der Waals surface area contributed by atoms with Crippen LogP contribution in [0.15, 0.2) is 30.5 Å². The number of alkyl carbamates (subject to hydrolysis) is 1. The number of nitrogens with one attached hydrogen (secondary N) is 3. The Morgan fingerprint density at radius 3 is 2.44 bits per heavy atom. The zero-order valence-electron chi connectivity index (χ0n) is 19.5. The van der Waals surface area contributed by atoms with Crippen LogP contribution >= 0.6 is 0 Å². The van der Waals surface area contributed by atoms with Crippen LogP contribution in [-0.2, 0) is 20.7 Å². The Labute approximate surface area is 198 Å². The first-order valence-electron chi connectivity index (χ1n) is 12.3. The van der Waals surface area contributed by atoms with Crippen LogP contribution in [0.5, 0.6) is 0 Å². The second kappa shape index (κ2) is 8.96. The van der Waals surface area contributed by atoms with Gasteiger partial charge in [-0.25, -0.2) is 4.79 Å². The monoisotopic (exact) mass is 467 g/mol. The number of rotatable bonds is 8. The van der Waals surface area contributed by atoms with Crippen molar-refractivity contribution in [3.63, 3.8) is 0 Å². The summed E-state index contributed by atoms with van der Waals surface area (Å²) in [5.74, 6) is 0.974. The van der Waals surface area contributed by atoms with Crippen LogP contribution < -0.4 is 10.6 Å². The fourth-order valence-electron chi connectivity index (χ4n) is 6.76. The number of aromatic amines is 1. The Bertz CT molecular complexity index is 1070. The number of aromatic nitrogens is 1. The summed E-state index contributed by atoms with van der Waals surface area (Å²) in [4.78, 5) is 40.4. The van der Waals surface area contributed by atoms with Gasteiger partial charge in [0.2, 0.25) is 5.91 Å². The standard InChI is InChI=1S/C26H33N3O5/c1-26(24(32)27-7-6-22(30)31,13-19-14-28-21-5-3-2-4-20(19)21)29-25(33)34-23-17-9-15-8-16(11-17)12-18(23)10-15/h2-5,14-18,23,28H,6-13H2,1H3,(H,27,32)(H,29,33)(H,30,31). The number of carbonyl (C=O) groups excluding carboxylic acids is 2. The van der Waals surface area contributed by atoms with Gasteiger partial charge < -0.3 is 25.5 Å². The maximum atomic E-state index is 13.2. The van der Waals surface area contributed by atoms with Crippen LogP contribution in [0.2, 0.25) is 0 Å². The molecule has 0 aliphatic heterocycles. The average molecular weight is 468 g/mol. The van der Waals surface area contributed by atoms with Gasteiger partial charge in [-0.1, -0.05) is 18.2 Å². The van der Waals surface area contributed by atoms with Crippen molar-refractivity contribution in [2.45, 2.75) is 63.5 Å². The largest absolute Gasteiger partial charge is 0.481 e. The first kappa shape index (κ1) is 22.7. The van der Waals surface area contributed by atoms with Gasteiger partial charge in [0.25, 0.3) is 0 Å². The van der Waals surface area contributed by atoms with E-state index >= 15 is 0 Å². The summed E-state index contributed by atoms with van der Waals surface area (Å²) in [5, 5.41) is 15.4. The van der Waals surface area contributed by atoms with Crippen molar-refractivity contribution >= 4 is 28.9 Å². The molecular formula is C26H33N3O5. The number of hydrogen-bond donors (Lipinski definition) is 4. The molecule has 8 nitrogen and oxygen atoms in total. The van der Waals surface area contributed by atoms with Crippen LogP contribution in [0.25, 0.3) is 10.9 Å². The molecule has 1 unspecified atom stereocenters. The molecule has 182 valence electrons. The van der Waals surface area contributed by atoms with E-state index in [0.29, 0.717) is 11.8 Å². The van der Waals surface area contributed by atoms with Crippen molar-refractivity contribution in [2.24, 2.45) is 23.7 Å². The normalized spacial score (nSPS) is 28.9. The van der Waals surface area contributed by atoms with Crippen molar-refractivity contribution in [3.05, 3.63) is 36.0 Å². The highest BCUT2D eigenvalue weighted by atomic mass is 16.6. The number of benzene rings is 1. The van der Waals surface area contributed by atoms with Crippen molar-refractivity contribution in [3.8, 4) is 0 Å². The van der Waals surface area contributed by atoms with Crippen LogP contribution in [0.3, 0.4) is 0 Å². The molecular weight excluding hydrogens is 434 g/mol. The zero-order valence-corrected chi connectivity index (χ0v) is 19.5. The van der Waals surface area contributed by atoms with Crippen molar-refractivity contribution in [1.82, 2.24) is 15.6 Å². The molecule has 2 amide bonds. The van der Waals surface area contributed by atoms with E-state index in [1.54, 1.807) is 6.92 Å². The number of carboxylic acids is 1. The second-order valence-corrected chi connectivity index (χ2v) is 10.7. The van der Waals surface area contributed by atoms with E-state index in [1.807, 2.05) is 30.5 Å². The Hall–Kier alpha value is -3.03. The lowest BCUT2D eigenvalue weighted by atomic mass is 9.55. The van der Waals surface area contributed by atoms with Crippen molar-refractivity contribution in [2.75, 3.05) is 6.54 Å². The van der Waals surface area contributed by atoms with Gasteiger partial charge in [-0.15, -0.1) is 0 Å². The van der Waals surface area contributed by atoms with E-state index in [0.717, 1.165) is 54.0 Å². The average Bonchev–Trinajstić information content (AvgIpc) is 3.18. The Kier molecular flexibility index (Phi) is 6.00. The van der Waals surface area contributed by atoms with E-state index < -0.39 is 23.5 Å². The Morgan fingerprint density at radius 1 is 1.09 bits per heavy atom. The van der Waals surface area contributed by atoms with E-state index in [2.05, 4.69) is 15.6 Å². The van der Waals surface area contributed by atoms with Gasteiger partial charge >= 0.3 is 12.1 Å². The predicted molar refractivity (Wildman–Crippen MR) is 126 cm³/mol. The highest BCUT2D eigenvalue weighted by Gasteiger charge is 2.50. The molecule has 8 heteroatoms. The lowest BCUT2D eigenvalue weighted by Gasteiger charge is -2.53. The second-order valence-electron chi connectivity index (χ2n) is 10.7. The van der Waals surface area contributed by atoms with Crippen LogP contribution in [0, 0.1) is 23.7 Å². The minimum atomic E-state index is -1.30. The van der Waals surface area contributed by atoms with Crippen molar-refractivity contribution < 1.29 is 24.2 Å². The maximum Gasteiger partial charge on any atom is 0.408 e.